The van der Waals surface area contributed by atoms with Gasteiger partial charge in [0, 0.05) is 36.1 Å². The van der Waals surface area contributed by atoms with Gasteiger partial charge in [0.1, 0.15) is 5.69 Å². The third kappa shape index (κ3) is 4.96. The van der Waals surface area contributed by atoms with Crippen molar-refractivity contribution in [3.05, 3.63) is 36.0 Å². The molecule has 2 aliphatic rings. The number of nitrogens with zero attached hydrogens (tertiary/aromatic N) is 2. The van der Waals surface area contributed by atoms with Gasteiger partial charge in [-0.3, -0.25) is 4.79 Å². The maximum absolute atomic E-state index is 13.4. The number of benzene rings is 1. The van der Waals surface area contributed by atoms with Crippen LogP contribution in [-0.2, 0) is 11.0 Å². The monoisotopic (exact) mass is 433 g/mol. The molecular formula is C24H30F3N3O. The van der Waals surface area contributed by atoms with E-state index in [-0.39, 0.29) is 23.9 Å². The molecule has 1 N–H and O–H groups in total. The third-order valence-electron chi connectivity index (χ3n) is 6.93. The van der Waals surface area contributed by atoms with Crippen LogP contribution in [0.1, 0.15) is 63.5 Å². The molecule has 0 aliphatic heterocycles. The number of aromatic nitrogens is 1. The molecule has 0 spiro atoms. The quantitative estimate of drug-likeness (QED) is 0.673. The number of anilines is 1. The Kier molecular flexibility index (Phi) is 6.39. The Bertz CT molecular complexity index is 916. The second-order valence-electron chi connectivity index (χ2n) is 9.00. The van der Waals surface area contributed by atoms with E-state index in [1.807, 2.05) is 24.1 Å². The molecule has 0 radical (unpaired) electrons. The van der Waals surface area contributed by atoms with Crippen LogP contribution in [0.25, 0.3) is 10.9 Å². The average molecular weight is 434 g/mol. The number of carbonyl (C=O) groups excluding carboxylic acids is 1. The Hall–Kier alpha value is -2.31. The zero-order chi connectivity index (χ0) is 22.0. The van der Waals surface area contributed by atoms with E-state index in [1.165, 1.54) is 12.5 Å². The van der Waals surface area contributed by atoms with Crippen LogP contribution < -0.4 is 10.2 Å². The van der Waals surface area contributed by atoms with E-state index in [2.05, 4.69) is 10.3 Å². The van der Waals surface area contributed by atoms with E-state index >= 15 is 0 Å². The number of para-hydroxylation sites is 1. The number of halogens is 3. The van der Waals surface area contributed by atoms with Gasteiger partial charge in [-0.25, -0.2) is 4.98 Å². The van der Waals surface area contributed by atoms with Crippen LogP contribution in [0, 0.1) is 5.92 Å². The Morgan fingerprint density at radius 1 is 1.03 bits per heavy atom. The number of amides is 1. The van der Waals surface area contributed by atoms with E-state index in [1.54, 1.807) is 12.1 Å². The highest BCUT2D eigenvalue weighted by molar-refractivity contribution is 5.92. The minimum Gasteiger partial charge on any atom is -0.371 e. The highest BCUT2D eigenvalue weighted by Gasteiger charge is 2.35. The lowest BCUT2D eigenvalue weighted by Gasteiger charge is -2.37. The number of carbonyl (C=O) groups is 1. The predicted molar refractivity (Wildman–Crippen MR) is 116 cm³/mol. The van der Waals surface area contributed by atoms with Gasteiger partial charge in [-0.05, 0) is 50.7 Å². The Morgan fingerprint density at radius 3 is 2.39 bits per heavy atom. The molecule has 1 amide bonds. The number of hydrogen-bond donors (Lipinski definition) is 1. The molecule has 168 valence electrons. The van der Waals surface area contributed by atoms with E-state index in [9.17, 15) is 18.0 Å². The Balaban J connectivity index is 1.44. The summed E-state index contributed by atoms with van der Waals surface area (Å²) >= 11 is 0. The summed E-state index contributed by atoms with van der Waals surface area (Å²) in [6.07, 6.45) is 4.35. The fourth-order valence-corrected chi connectivity index (χ4v) is 5.08. The summed E-state index contributed by atoms with van der Waals surface area (Å²) in [5.41, 5.74) is 0.0571. The van der Waals surface area contributed by atoms with Crippen molar-refractivity contribution < 1.29 is 18.0 Å². The molecule has 4 nitrogen and oxygen atoms in total. The summed E-state index contributed by atoms with van der Waals surface area (Å²) in [5, 5.41) is 3.96. The summed E-state index contributed by atoms with van der Waals surface area (Å²) in [5.74, 6) is 0.338. The topological polar surface area (TPSA) is 45.2 Å². The van der Waals surface area contributed by atoms with Crippen LogP contribution in [0.5, 0.6) is 0 Å². The van der Waals surface area contributed by atoms with Gasteiger partial charge >= 0.3 is 6.18 Å². The molecule has 2 fully saturated rings. The fraction of sp³-hybridized carbons (Fsp3) is 0.583. The summed E-state index contributed by atoms with van der Waals surface area (Å²) in [7, 11) is 1.87. The molecule has 4 rings (SSSR count). The van der Waals surface area contributed by atoms with E-state index < -0.39 is 11.9 Å². The van der Waals surface area contributed by atoms with Crippen molar-refractivity contribution in [2.75, 3.05) is 11.9 Å². The highest BCUT2D eigenvalue weighted by atomic mass is 19.4. The summed E-state index contributed by atoms with van der Waals surface area (Å²) in [6, 6.07) is 8.45. The molecule has 1 aromatic carbocycles. The first-order valence-electron chi connectivity index (χ1n) is 11.3. The van der Waals surface area contributed by atoms with Gasteiger partial charge in [-0.15, -0.1) is 0 Å². The van der Waals surface area contributed by atoms with Crippen molar-refractivity contribution >= 4 is 22.5 Å². The van der Waals surface area contributed by atoms with Crippen molar-refractivity contribution in [3.63, 3.8) is 0 Å². The number of nitrogens with one attached hydrogen (secondary N) is 1. The van der Waals surface area contributed by atoms with Crippen LogP contribution in [0.4, 0.5) is 18.9 Å². The molecule has 1 aromatic heterocycles. The first-order valence-corrected chi connectivity index (χ1v) is 11.3. The van der Waals surface area contributed by atoms with Gasteiger partial charge in [0.25, 0.3) is 0 Å². The van der Waals surface area contributed by atoms with Crippen LogP contribution in [0.15, 0.2) is 30.3 Å². The molecule has 31 heavy (non-hydrogen) atoms. The summed E-state index contributed by atoms with van der Waals surface area (Å²) < 4.78 is 40.2. The standard InChI is InChI=1S/C24H30F3N3O/c1-30(21-15-22(24(25,26)27)29-20-10-6-5-9-19(20)21)18-13-11-17(12-14-18)28-23(31)16-7-3-2-4-8-16/h5-6,9-10,15-18H,2-4,7-8,11-14H2,1H3,(H,28,31). The SMILES string of the molecule is CN(c1cc(C(F)(F)F)nc2ccccc12)C1CCC(NC(=O)C2CCCCC2)CC1. The molecular weight excluding hydrogens is 403 g/mol. The van der Waals surface area contributed by atoms with Gasteiger partial charge in [0.15, 0.2) is 0 Å². The second-order valence-corrected chi connectivity index (χ2v) is 9.00. The third-order valence-corrected chi connectivity index (χ3v) is 6.93. The van der Waals surface area contributed by atoms with Crippen molar-refractivity contribution in [1.82, 2.24) is 10.3 Å². The van der Waals surface area contributed by atoms with Crippen LogP contribution >= 0.6 is 0 Å². The van der Waals surface area contributed by atoms with Gasteiger partial charge in [-0.1, -0.05) is 37.5 Å². The average Bonchev–Trinajstić information content (AvgIpc) is 2.78. The molecule has 2 aliphatic carbocycles. The zero-order valence-electron chi connectivity index (χ0n) is 17.9. The number of rotatable bonds is 4. The lowest BCUT2D eigenvalue weighted by Crippen LogP contribution is -2.45. The Labute approximate surface area is 181 Å². The van der Waals surface area contributed by atoms with Crippen molar-refractivity contribution in [1.29, 1.82) is 0 Å². The highest BCUT2D eigenvalue weighted by Crippen LogP contribution is 2.36. The van der Waals surface area contributed by atoms with Gasteiger partial charge < -0.3 is 10.2 Å². The van der Waals surface area contributed by atoms with E-state index in [4.69, 9.17) is 0 Å². The molecule has 0 saturated heterocycles. The van der Waals surface area contributed by atoms with Gasteiger partial charge in [0.05, 0.1) is 5.52 Å². The van der Waals surface area contributed by atoms with E-state index in [0.29, 0.717) is 11.2 Å². The normalized spacial score (nSPS) is 23.0. The maximum atomic E-state index is 13.4. The van der Waals surface area contributed by atoms with Gasteiger partial charge in [0.2, 0.25) is 5.91 Å². The van der Waals surface area contributed by atoms with E-state index in [0.717, 1.165) is 56.8 Å². The van der Waals surface area contributed by atoms with Crippen molar-refractivity contribution in [3.8, 4) is 0 Å². The summed E-state index contributed by atoms with van der Waals surface area (Å²) in [6.45, 7) is 0. The molecule has 0 atom stereocenters. The first kappa shape index (κ1) is 21.9. The Morgan fingerprint density at radius 2 is 1.71 bits per heavy atom. The molecule has 7 heteroatoms. The lowest BCUT2D eigenvalue weighted by molar-refractivity contribution is -0.140. The van der Waals surface area contributed by atoms with Crippen LogP contribution in [0.2, 0.25) is 0 Å². The lowest BCUT2D eigenvalue weighted by atomic mass is 9.86. The van der Waals surface area contributed by atoms with Crippen LogP contribution in [-0.4, -0.2) is 30.0 Å². The molecule has 2 saturated carbocycles. The predicted octanol–water partition coefficient (Wildman–Crippen LogP) is 5.70. The second kappa shape index (κ2) is 9.05. The fourth-order valence-electron chi connectivity index (χ4n) is 5.08. The largest absolute Gasteiger partial charge is 0.433 e. The van der Waals surface area contributed by atoms with Crippen LogP contribution in [0.3, 0.4) is 0 Å². The first-order chi connectivity index (χ1) is 14.8. The minimum absolute atomic E-state index is 0.134. The molecule has 2 aromatic rings. The smallest absolute Gasteiger partial charge is 0.371 e. The molecule has 0 bridgehead atoms. The zero-order valence-corrected chi connectivity index (χ0v) is 17.9. The number of hydrogen-bond acceptors (Lipinski definition) is 3. The number of alkyl halides is 3. The number of fused-ring (bicyclic) bond motifs is 1. The van der Waals surface area contributed by atoms with Crippen molar-refractivity contribution in [2.45, 2.75) is 76.0 Å². The minimum atomic E-state index is -4.49. The maximum Gasteiger partial charge on any atom is 0.433 e. The summed E-state index contributed by atoms with van der Waals surface area (Å²) in [4.78, 5) is 18.3. The van der Waals surface area contributed by atoms with Gasteiger partial charge in [-0.2, -0.15) is 13.2 Å². The molecule has 1 heterocycles. The molecule has 0 unspecified atom stereocenters. The number of pyridine rings is 1. The van der Waals surface area contributed by atoms with Crippen molar-refractivity contribution in [2.24, 2.45) is 5.92 Å².